The van der Waals surface area contributed by atoms with E-state index in [1.54, 1.807) is 24.3 Å². The molecule has 1 aromatic carbocycles. The topological polar surface area (TPSA) is 85.4 Å². The number of aliphatic hydroxyl groups excluding tert-OH is 1. The number of aryl methyl sites for hydroxylation is 1. The monoisotopic (exact) mass is 308 g/mol. The number of hydrogen-bond acceptors (Lipinski definition) is 4. The summed E-state index contributed by atoms with van der Waals surface area (Å²) in [6.45, 7) is 1.41. The van der Waals surface area contributed by atoms with Gasteiger partial charge < -0.3 is 9.67 Å². The summed E-state index contributed by atoms with van der Waals surface area (Å²) in [4.78, 5) is 22.2. The van der Waals surface area contributed by atoms with E-state index in [0.29, 0.717) is 16.1 Å². The lowest BCUT2D eigenvalue weighted by molar-refractivity contribution is -0.386. The second-order valence-electron chi connectivity index (χ2n) is 4.66. The van der Waals surface area contributed by atoms with E-state index in [-0.39, 0.29) is 12.2 Å². The Balaban J connectivity index is 2.33. The highest BCUT2D eigenvalue weighted by atomic mass is 35.5. The van der Waals surface area contributed by atoms with Gasteiger partial charge in [-0.25, -0.2) is 0 Å². The molecule has 6 nitrogen and oxygen atoms in total. The third-order valence-corrected chi connectivity index (χ3v) is 3.34. The van der Waals surface area contributed by atoms with E-state index in [0.717, 1.165) is 10.8 Å². The summed E-state index contributed by atoms with van der Waals surface area (Å²) in [6.07, 6.45) is 0.162. The Bertz CT molecular complexity index is 742. The van der Waals surface area contributed by atoms with Crippen molar-refractivity contribution in [2.24, 2.45) is 0 Å². The van der Waals surface area contributed by atoms with Crippen molar-refractivity contribution in [1.29, 1.82) is 0 Å². The van der Waals surface area contributed by atoms with Crippen LogP contribution in [0.15, 0.2) is 41.3 Å². The number of benzene rings is 1. The molecule has 0 amide bonds. The minimum atomic E-state index is -0.983. The fourth-order valence-corrected chi connectivity index (χ4v) is 2.19. The minimum absolute atomic E-state index is 0.0830. The molecule has 0 saturated heterocycles. The maximum absolute atomic E-state index is 11.9. The molecule has 1 heterocycles. The van der Waals surface area contributed by atoms with Crippen LogP contribution in [0.3, 0.4) is 0 Å². The van der Waals surface area contributed by atoms with Gasteiger partial charge in [0.05, 0.1) is 23.8 Å². The van der Waals surface area contributed by atoms with E-state index >= 15 is 0 Å². The molecular weight excluding hydrogens is 296 g/mol. The smallest absolute Gasteiger partial charge is 0.288 e. The number of rotatable bonds is 4. The van der Waals surface area contributed by atoms with E-state index in [1.807, 2.05) is 0 Å². The molecule has 0 unspecified atom stereocenters. The molecule has 0 spiro atoms. The number of nitrogens with zero attached hydrogens (tertiary/aromatic N) is 2. The molecule has 0 saturated carbocycles. The van der Waals surface area contributed by atoms with Crippen LogP contribution in [0, 0.1) is 17.0 Å². The highest BCUT2D eigenvalue weighted by molar-refractivity contribution is 6.30. The van der Waals surface area contributed by atoms with Crippen LogP contribution in [0.4, 0.5) is 5.69 Å². The maximum atomic E-state index is 11.9. The van der Waals surface area contributed by atoms with Gasteiger partial charge in [0.1, 0.15) is 0 Å². The second-order valence-corrected chi connectivity index (χ2v) is 5.10. The van der Waals surface area contributed by atoms with Crippen molar-refractivity contribution in [3.05, 3.63) is 73.1 Å². The largest absolute Gasteiger partial charge is 0.387 e. The Morgan fingerprint density at radius 1 is 1.43 bits per heavy atom. The third kappa shape index (κ3) is 3.48. The molecule has 1 atom stereocenters. The highest BCUT2D eigenvalue weighted by Crippen LogP contribution is 2.20. The molecule has 0 aliphatic rings. The molecule has 0 aliphatic heterocycles. The van der Waals surface area contributed by atoms with Gasteiger partial charge in [-0.05, 0) is 24.6 Å². The van der Waals surface area contributed by atoms with E-state index in [4.69, 9.17) is 11.6 Å². The predicted octanol–water partition coefficient (Wildman–Crippen LogP) is 2.45. The minimum Gasteiger partial charge on any atom is -0.387 e. The van der Waals surface area contributed by atoms with Crippen LogP contribution in [0.25, 0.3) is 0 Å². The Hall–Kier alpha value is -2.18. The van der Waals surface area contributed by atoms with Crippen molar-refractivity contribution in [1.82, 2.24) is 4.57 Å². The van der Waals surface area contributed by atoms with Gasteiger partial charge in [-0.15, -0.1) is 0 Å². The lowest BCUT2D eigenvalue weighted by Gasteiger charge is -2.13. The summed E-state index contributed by atoms with van der Waals surface area (Å²) in [5.74, 6) is 0. The number of nitro groups is 1. The van der Waals surface area contributed by atoms with Crippen LogP contribution >= 0.6 is 11.6 Å². The standard InChI is InChI=1S/C14H13ClN2O4/c1-9-5-14(19)16(7-12(9)17(20)21)8-13(18)10-3-2-4-11(15)6-10/h2-7,13,18H,8H2,1H3/t13-/m1/s1. The highest BCUT2D eigenvalue weighted by Gasteiger charge is 2.16. The van der Waals surface area contributed by atoms with Crippen LogP contribution in [-0.2, 0) is 6.54 Å². The van der Waals surface area contributed by atoms with Crippen molar-refractivity contribution in [3.8, 4) is 0 Å². The SMILES string of the molecule is Cc1cc(=O)n(C[C@@H](O)c2cccc(Cl)c2)cc1[N+](=O)[O-]. The van der Waals surface area contributed by atoms with Crippen molar-refractivity contribution in [3.63, 3.8) is 0 Å². The van der Waals surface area contributed by atoms with Gasteiger partial charge in [-0.1, -0.05) is 23.7 Å². The Labute approximate surface area is 125 Å². The molecule has 1 N–H and O–H groups in total. The van der Waals surface area contributed by atoms with Gasteiger partial charge >= 0.3 is 0 Å². The summed E-state index contributed by atoms with van der Waals surface area (Å²) in [5.41, 5.74) is 0.267. The Morgan fingerprint density at radius 3 is 2.76 bits per heavy atom. The van der Waals surface area contributed by atoms with Crippen molar-refractivity contribution in [2.75, 3.05) is 0 Å². The van der Waals surface area contributed by atoms with Crippen LogP contribution in [0.2, 0.25) is 5.02 Å². The van der Waals surface area contributed by atoms with Gasteiger partial charge in [0.25, 0.3) is 11.2 Å². The average molecular weight is 309 g/mol. The zero-order chi connectivity index (χ0) is 15.6. The van der Waals surface area contributed by atoms with Crippen LogP contribution < -0.4 is 5.56 Å². The molecule has 110 valence electrons. The second kappa shape index (κ2) is 6.07. The first-order valence-corrected chi connectivity index (χ1v) is 6.55. The number of aromatic nitrogens is 1. The van der Waals surface area contributed by atoms with Crippen LogP contribution in [-0.4, -0.2) is 14.6 Å². The van der Waals surface area contributed by atoms with Gasteiger partial charge in [-0.2, -0.15) is 0 Å². The van der Waals surface area contributed by atoms with Crippen molar-refractivity contribution in [2.45, 2.75) is 19.6 Å². The number of aliphatic hydroxyl groups is 1. The maximum Gasteiger partial charge on any atom is 0.288 e. The Morgan fingerprint density at radius 2 is 2.14 bits per heavy atom. The Kier molecular flexibility index (Phi) is 4.40. The molecular formula is C14H13ClN2O4. The molecule has 0 aliphatic carbocycles. The van der Waals surface area contributed by atoms with E-state index < -0.39 is 16.6 Å². The van der Waals surface area contributed by atoms with Gasteiger partial charge in [0.2, 0.25) is 0 Å². The first kappa shape index (κ1) is 15.2. The molecule has 1 aromatic heterocycles. The van der Waals surface area contributed by atoms with Gasteiger partial charge in [0.15, 0.2) is 0 Å². The number of pyridine rings is 1. The summed E-state index contributed by atoms with van der Waals surface area (Å²) >= 11 is 5.84. The normalized spacial score (nSPS) is 12.1. The summed E-state index contributed by atoms with van der Waals surface area (Å²) < 4.78 is 1.12. The molecule has 0 radical (unpaired) electrons. The number of halogens is 1. The van der Waals surface area contributed by atoms with Gasteiger partial charge in [-0.3, -0.25) is 14.9 Å². The fourth-order valence-electron chi connectivity index (χ4n) is 1.99. The zero-order valence-corrected chi connectivity index (χ0v) is 11.9. The molecule has 7 heteroatoms. The van der Waals surface area contributed by atoms with Crippen LogP contribution in [0.1, 0.15) is 17.2 Å². The molecule has 2 rings (SSSR count). The fraction of sp³-hybridized carbons (Fsp3) is 0.214. The molecule has 21 heavy (non-hydrogen) atoms. The average Bonchev–Trinajstić information content (AvgIpc) is 2.41. The zero-order valence-electron chi connectivity index (χ0n) is 11.2. The molecule has 0 bridgehead atoms. The summed E-state index contributed by atoms with van der Waals surface area (Å²) in [7, 11) is 0. The van der Waals surface area contributed by atoms with Crippen molar-refractivity contribution >= 4 is 17.3 Å². The predicted molar refractivity (Wildman–Crippen MR) is 78.5 cm³/mol. The van der Waals surface area contributed by atoms with Crippen molar-refractivity contribution < 1.29 is 10.0 Å². The van der Waals surface area contributed by atoms with E-state index in [2.05, 4.69) is 0 Å². The third-order valence-electron chi connectivity index (χ3n) is 3.10. The quantitative estimate of drug-likeness (QED) is 0.694. The first-order chi connectivity index (χ1) is 9.88. The van der Waals surface area contributed by atoms with Gasteiger partial charge in [0, 0.05) is 16.7 Å². The summed E-state index contributed by atoms with van der Waals surface area (Å²) in [6, 6.07) is 7.79. The number of hydrogen-bond donors (Lipinski definition) is 1. The lowest BCUT2D eigenvalue weighted by atomic mass is 10.1. The molecule has 0 fully saturated rings. The first-order valence-electron chi connectivity index (χ1n) is 6.17. The lowest BCUT2D eigenvalue weighted by Crippen LogP contribution is -2.23. The summed E-state index contributed by atoms with van der Waals surface area (Å²) in [5, 5.41) is 21.5. The van der Waals surface area contributed by atoms with E-state index in [9.17, 15) is 20.0 Å². The van der Waals surface area contributed by atoms with Crippen LogP contribution in [0.5, 0.6) is 0 Å². The van der Waals surface area contributed by atoms with E-state index in [1.165, 1.54) is 13.0 Å². The molecule has 2 aromatic rings.